The van der Waals surface area contributed by atoms with Crippen LogP contribution in [0.1, 0.15) is 12.5 Å². The smallest absolute Gasteiger partial charge is 0.0837 e. The Morgan fingerprint density at radius 1 is 1.09 bits per heavy atom. The summed E-state index contributed by atoms with van der Waals surface area (Å²) < 4.78 is 0. The Kier molecular flexibility index (Phi) is 6.60. The Morgan fingerprint density at radius 2 is 1.82 bits per heavy atom. The second-order valence-corrected chi connectivity index (χ2v) is 7.39. The van der Waals surface area contributed by atoms with Crippen molar-refractivity contribution < 1.29 is 5.11 Å². The van der Waals surface area contributed by atoms with Gasteiger partial charge in [-0.05, 0) is 42.8 Å². The van der Waals surface area contributed by atoms with Crippen molar-refractivity contribution in [2.24, 2.45) is 0 Å². The molecule has 2 aromatic rings. The Balaban J connectivity index is 1.77. The average Bonchev–Trinajstić information content (AvgIpc) is 2.47. The van der Waals surface area contributed by atoms with E-state index in [1.807, 2.05) is 55.5 Å². The minimum Gasteiger partial charge on any atom is -0.388 e. The van der Waals surface area contributed by atoms with Gasteiger partial charge in [-0.1, -0.05) is 41.4 Å². The Labute approximate surface area is 145 Å². The van der Waals surface area contributed by atoms with Gasteiger partial charge in [0.15, 0.2) is 0 Å². The first-order chi connectivity index (χ1) is 10.4. The van der Waals surface area contributed by atoms with Crippen LogP contribution < -0.4 is 5.32 Å². The first kappa shape index (κ1) is 17.6. The van der Waals surface area contributed by atoms with Crippen molar-refractivity contribution in [3.63, 3.8) is 0 Å². The van der Waals surface area contributed by atoms with Gasteiger partial charge in [-0.2, -0.15) is 0 Å². The Morgan fingerprint density at radius 3 is 2.50 bits per heavy atom. The minimum atomic E-state index is -0.792. The highest BCUT2D eigenvalue weighted by atomic mass is 35.5. The highest BCUT2D eigenvalue weighted by molar-refractivity contribution is 7.99. The fourth-order valence-electron chi connectivity index (χ4n) is 1.93. The average molecular weight is 356 g/mol. The third kappa shape index (κ3) is 6.19. The fourth-order valence-corrected chi connectivity index (χ4v) is 3.27. The lowest BCUT2D eigenvalue weighted by Gasteiger charge is -2.23. The molecule has 118 valence electrons. The molecule has 2 rings (SSSR count). The number of benzene rings is 2. The van der Waals surface area contributed by atoms with Crippen LogP contribution >= 0.6 is 35.0 Å². The second kappa shape index (κ2) is 8.23. The number of nitrogens with one attached hydrogen (secondary N) is 1. The molecule has 1 atom stereocenters. The molecular weight excluding hydrogens is 337 g/mol. The van der Waals surface area contributed by atoms with Crippen molar-refractivity contribution in [2.45, 2.75) is 24.0 Å². The summed E-state index contributed by atoms with van der Waals surface area (Å²) in [4.78, 5) is 1.06. The summed E-state index contributed by atoms with van der Waals surface area (Å²) in [5, 5.41) is 15.2. The van der Waals surface area contributed by atoms with Gasteiger partial charge in [0.05, 0.1) is 5.60 Å². The summed E-state index contributed by atoms with van der Waals surface area (Å²) in [5.74, 6) is 0.598. The molecule has 0 saturated heterocycles. The lowest BCUT2D eigenvalue weighted by atomic mass is 10.1. The van der Waals surface area contributed by atoms with Crippen molar-refractivity contribution >= 4 is 35.0 Å². The van der Waals surface area contributed by atoms with Crippen molar-refractivity contribution in [1.29, 1.82) is 0 Å². The summed E-state index contributed by atoms with van der Waals surface area (Å²) in [6, 6.07) is 15.3. The number of halogens is 2. The van der Waals surface area contributed by atoms with Crippen LogP contribution in [0.4, 0.5) is 0 Å². The number of aliphatic hydroxyl groups is 1. The molecule has 0 saturated carbocycles. The van der Waals surface area contributed by atoms with Crippen LogP contribution in [0.3, 0.4) is 0 Å². The van der Waals surface area contributed by atoms with E-state index < -0.39 is 5.60 Å². The Hall–Kier alpha value is -0.710. The van der Waals surface area contributed by atoms with E-state index in [-0.39, 0.29) is 0 Å². The molecule has 0 radical (unpaired) electrons. The molecule has 22 heavy (non-hydrogen) atoms. The van der Waals surface area contributed by atoms with Crippen LogP contribution in [-0.4, -0.2) is 23.0 Å². The van der Waals surface area contributed by atoms with Gasteiger partial charge in [0, 0.05) is 33.8 Å². The van der Waals surface area contributed by atoms with E-state index in [4.69, 9.17) is 23.2 Å². The van der Waals surface area contributed by atoms with Crippen molar-refractivity contribution in [2.75, 3.05) is 12.3 Å². The van der Waals surface area contributed by atoms with Gasteiger partial charge >= 0.3 is 0 Å². The monoisotopic (exact) mass is 355 g/mol. The maximum absolute atomic E-state index is 10.4. The zero-order chi connectivity index (χ0) is 16.0. The Bertz CT molecular complexity index is 602. The van der Waals surface area contributed by atoms with Gasteiger partial charge in [-0.25, -0.2) is 0 Å². The first-order valence-electron chi connectivity index (χ1n) is 7.00. The highest BCUT2D eigenvalue weighted by Gasteiger charge is 2.20. The molecule has 2 nitrogen and oxygen atoms in total. The van der Waals surface area contributed by atoms with E-state index in [2.05, 4.69) is 5.32 Å². The molecule has 0 unspecified atom stereocenters. The molecule has 0 spiro atoms. The van der Waals surface area contributed by atoms with Gasteiger partial charge in [0.2, 0.25) is 0 Å². The van der Waals surface area contributed by atoms with Crippen molar-refractivity contribution in [3.8, 4) is 0 Å². The lowest BCUT2D eigenvalue weighted by Crippen LogP contribution is -2.39. The normalized spacial score (nSPS) is 13.8. The predicted octanol–water partition coefficient (Wildman–Crippen LogP) is 4.63. The molecule has 0 aliphatic rings. The van der Waals surface area contributed by atoms with Crippen molar-refractivity contribution in [1.82, 2.24) is 5.32 Å². The third-order valence-corrected chi connectivity index (χ3v) is 4.93. The zero-order valence-corrected chi connectivity index (χ0v) is 14.7. The van der Waals surface area contributed by atoms with E-state index in [0.717, 1.165) is 15.5 Å². The number of rotatable bonds is 7. The molecule has 2 N–H and O–H groups in total. The molecule has 2 aromatic carbocycles. The molecule has 0 aliphatic carbocycles. The fraction of sp³-hybridized carbons (Fsp3) is 0.294. The summed E-state index contributed by atoms with van der Waals surface area (Å²) in [6.07, 6.45) is 0. The maximum Gasteiger partial charge on any atom is 0.0837 e. The van der Waals surface area contributed by atoms with E-state index in [1.165, 1.54) is 0 Å². The quantitative estimate of drug-likeness (QED) is 0.710. The summed E-state index contributed by atoms with van der Waals surface area (Å²) in [5.41, 5.74) is 0.349. The van der Waals surface area contributed by atoms with Gasteiger partial charge in [0.1, 0.15) is 0 Å². The molecule has 0 heterocycles. The largest absolute Gasteiger partial charge is 0.388 e. The van der Waals surface area contributed by atoms with Gasteiger partial charge < -0.3 is 10.4 Å². The molecule has 5 heteroatoms. The van der Waals surface area contributed by atoms with E-state index in [9.17, 15) is 5.11 Å². The standard InChI is InChI=1S/C17H19Cl2NOS/c1-17(21,12-22-16-4-2-3-15(19)9-16)11-20-10-13-5-7-14(18)8-6-13/h2-9,20-21H,10-12H2,1H3/t17-/m0/s1. The number of hydrogen-bond acceptors (Lipinski definition) is 3. The minimum absolute atomic E-state index is 0.517. The number of hydrogen-bond donors (Lipinski definition) is 2. The second-order valence-electron chi connectivity index (χ2n) is 5.47. The first-order valence-corrected chi connectivity index (χ1v) is 8.75. The van der Waals surface area contributed by atoms with Crippen LogP contribution in [0, 0.1) is 0 Å². The number of thioether (sulfide) groups is 1. The van der Waals surface area contributed by atoms with E-state index in [0.29, 0.717) is 23.9 Å². The molecule has 0 aliphatic heterocycles. The van der Waals surface area contributed by atoms with E-state index >= 15 is 0 Å². The SMILES string of the molecule is C[C@](O)(CNCc1ccc(Cl)cc1)CSc1cccc(Cl)c1. The summed E-state index contributed by atoms with van der Waals surface area (Å²) in [6.45, 7) is 3.05. The predicted molar refractivity (Wildman–Crippen MR) is 96.0 cm³/mol. The van der Waals surface area contributed by atoms with Crippen LogP contribution in [-0.2, 0) is 6.54 Å². The highest BCUT2D eigenvalue weighted by Crippen LogP contribution is 2.25. The summed E-state index contributed by atoms with van der Waals surface area (Å²) >= 11 is 13.4. The molecule has 0 fully saturated rings. The van der Waals surface area contributed by atoms with Gasteiger partial charge in [-0.15, -0.1) is 11.8 Å². The van der Waals surface area contributed by atoms with Gasteiger partial charge in [0.25, 0.3) is 0 Å². The van der Waals surface area contributed by atoms with Gasteiger partial charge in [-0.3, -0.25) is 0 Å². The van der Waals surface area contributed by atoms with Crippen LogP contribution in [0.5, 0.6) is 0 Å². The molecule has 0 aromatic heterocycles. The molecule has 0 amide bonds. The molecule has 0 bridgehead atoms. The van der Waals surface area contributed by atoms with Crippen molar-refractivity contribution in [3.05, 3.63) is 64.1 Å². The van der Waals surface area contributed by atoms with Crippen LogP contribution in [0.15, 0.2) is 53.4 Å². The van der Waals surface area contributed by atoms with Crippen LogP contribution in [0.25, 0.3) is 0 Å². The zero-order valence-electron chi connectivity index (χ0n) is 12.4. The van der Waals surface area contributed by atoms with E-state index in [1.54, 1.807) is 11.8 Å². The summed E-state index contributed by atoms with van der Waals surface area (Å²) in [7, 11) is 0. The molecular formula is C17H19Cl2NOS. The lowest BCUT2D eigenvalue weighted by molar-refractivity contribution is 0.0845. The topological polar surface area (TPSA) is 32.3 Å². The maximum atomic E-state index is 10.4. The van der Waals surface area contributed by atoms with Crippen LogP contribution in [0.2, 0.25) is 10.0 Å². The third-order valence-electron chi connectivity index (χ3n) is 3.09.